The zero-order chi connectivity index (χ0) is 40.5. The van der Waals surface area contributed by atoms with Crippen LogP contribution in [-0.4, -0.2) is 28.1 Å². The lowest BCUT2D eigenvalue weighted by Crippen LogP contribution is -2.00. The van der Waals surface area contributed by atoms with Crippen LogP contribution in [0.2, 0.25) is 0 Å². The molecule has 54 heavy (non-hydrogen) atoms. The van der Waals surface area contributed by atoms with E-state index in [9.17, 15) is 9.59 Å². The van der Waals surface area contributed by atoms with Gasteiger partial charge >= 0.3 is 0 Å². The molecule has 1 N–H and O–H groups in total. The first-order valence-corrected chi connectivity index (χ1v) is 20.0. The zero-order valence-corrected chi connectivity index (χ0v) is 35.7. The van der Waals surface area contributed by atoms with Gasteiger partial charge in [0.05, 0.1) is 22.3 Å². The number of hydrogen-bond donors (Lipinski definition) is 1. The average molecular weight is 752 g/mol. The Morgan fingerprint density at radius 1 is 0.556 bits per heavy atom. The fourth-order valence-electron chi connectivity index (χ4n) is 4.15. The number of benzene rings is 4. The highest BCUT2D eigenvalue weighted by Crippen LogP contribution is 2.21. The Balaban J connectivity index is 0.000000320. The van der Waals surface area contributed by atoms with E-state index < -0.39 is 0 Å². The topological polar surface area (TPSA) is 85.1 Å². The number of carbonyl (C=O) groups excluding carboxylic acids is 2. The van der Waals surface area contributed by atoms with Crippen molar-refractivity contribution >= 4 is 49.9 Å². The monoisotopic (exact) mass is 751 g/mol. The molecule has 0 radical (unpaired) electrons. The summed E-state index contributed by atoms with van der Waals surface area (Å²) < 4.78 is 6.27. The number of para-hydroxylation sites is 4. The molecule has 0 saturated carbocycles. The average Bonchev–Trinajstić information content (AvgIpc) is 3.93. The van der Waals surface area contributed by atoms with Gasteiger partial charge in [0.2, 0.25) is 0 Å². The Morgan fingerprint density at radius 3 is 1.61 bits per heavy atom. The van der Waals surface area contributed by atoms with E-state index in [4.69, 9.17) is 4.42 Å². The molecule has 7 heteroatoms. The predicted octanol–water partition coefficient (Wildman–Crippen LogP) is 13.9. The van der Waals surface area contributed by atoms with Crippen LogP contribution >= 0.6 is 11.3 Å². The highest BCUT2D eigenvalue weighted by Gasteiger charge is 2.17. The number of ketones is 2. The van der Waals surface area contributed by atoms with Crippen molar-refractivity contribution in [2.45, 2.75) is 95.9 Å². The van der Waals surface area contributed by atoms with E-state index >= 15 is 0 Å². The summed E-state index contributed by atoms with van der Waals surface area (Å²) in [5, 5.41) is 3.00. The first-order valence-electron chi connectivity index (χ1n) is 19.2. The van der Waals surface area contributed by atoms with Gasteiger partial charge in [0.1, 0.15) is 5.52 Å². The van der Waals surface area contributed by atoms with Gasteiger partial charge in [0, 0.05) is 23.2 Å². The molecule has 0 spiro atoms. The van der Waals surface area contributed by atoms with E-state index in [1.165, 1.54) is 16.7 Å². The number of Topliss-reactive ketones (excluding diaryl/α,β-unsaturated/α-hetero) is 2. The fourth-order valence-corrected chi connectivity index (χ4v) is 4.83. The summed E-state index contributed by atoms with van der Waals surface area (Å²) in [5.74, 6) is 3.83. The summed E-state index contributed by atoms with van der Waals surface area (Å²) in [4.78, 5) is 30.2. The fraction of sp³-hybridized carbons (Fsp3) is 0.404. The Kier molecular flexibility index (Phi) is 23.7. The number of rotatable bonds is 0. The maximum absolute atomic E-state index is 11.1. The lowest BCUT2D eigenvalue weighted by molar-refractivity contribution is 0.0991. The lowest BCUT2D eigenvalue weighted by atomic mass is 10.1. The van der Waals surface area contributed by atoms with Crippen LogP contribution in [0, 0.1) is 23.7 Å². The number of carbonyl (C=O) groups is 2. The number of nitrogens with one attached hydrogen (secondary N) is 1. The van der Waals surface area contributed by atoms with Crippen LogP contribution in [-0.2, 0) is 6.42 Å². The minimum absolute atomic E-state index is 0.190. The number of aryl methyl sites for hydroxylation is 1. The van der Waals surface area contributed by atoms with Gasteiger partial charge in [-0.2, -0.15) is 0 Å². The maximum Gasteiger partial charge on any atom is 0.183 e. The Labute approximate surface area is 329 Å². The van der Waals surface area contributed by atoms with E-state index in [-0.39, 0.29) is 5.78 Å². The van der Waals surface area contributed by atoms with Gasteiger partial charge in [-0.15, -0.1) is 11.3 Å². The summed E-state index contributed by atoms with van der Waals surface area (Å²) in [5.41, 5.74) is 8.66. The highest BCUT2D eigenvalue weighted by molar-refractivity contribution is 7.16. The minimum Gasteiger partial charge on any atom is -0.443 e. The zero-order valence-electron chi connectivity index (χ0n) is 34.9. The summed E-state index contributed by atoms with van der Waals surface area (Å²) in [6.07, 6.45) is 3.10. The number of anilines is 1. The summed E-state index contributed by atoms with van der Waals surface area (Å²) in [6.45, 7) is 26.5. The molecular weight excluding hydrogens is 687 g/mol. The molecule has 2 aliphatic rings. The van der Waals surface area contributed by atoms with Gasteiger partial charge < -0.3 is 9.73 Å². The predicted molar refractivity (Wildman–Crippen MR) is 234 cm³/mol. The van der Waals surface area contributed by atoms with Gasteiger partial charge in [-0.05, 0) is 72.1 Å². The maximum atomic E-state index is 11.1. The second-order valence-corrected chi connectivity index (χ2v) is 16.4. The smallest absolute Gasteiger partial charge is 0.183 e. The van der Waals surface area contributed by atoms with Crippen LogP contribution in [0.15, 0.2) is 113 Å². The van der Waals surface area contributed by atoms with Crippen LogP contribution in [0.4, 0.5) is 5.69 Å². The molecule has 0 fully saturated rings. The van der Waals surface area contributed by atoms with E-state index in [1.54, 1.807) is 11.3 Å². The highest BCUT2D eigenvalue weighted by atomic mass is 32.1. The van der Waals surface area contributed by atoms with Crippen molar-refractivity contribution in [3.8, 4) is 0 Å². The normalized spacial score (nSPS) is 11.6. The summed E-state index contributed by atoms with van der Waals surface area (Å²) >= 11 is 1.68. The number of hydrogen-bond acceptors (Lipinski definition) is 7. The Bertz CT molecular complexity index is 1670. The second kappa shape index (κ2) is 27.0. The van der Waals surface area contributed by atoms with Crippen molar-refractivity contribution in [1.29, 1.82) is 0 Å². The molecule has 8 rings (SSSR count). The largest absolute Gasteiger partial charge is 0.443 e. The van der Waals surface area contributed by atoms with Crippen LogP contribution in [0.5, 0.6) is 0 Å². The third-order valence-corrected chi connectivity index (χ3v) is 6.89. The molecule has 292 valence electrons. The van der Waals surface area contributed by atoms with Gasteiger partial charge in [-0.25, -0.2) is 9.97 Å². The van der Waals surface area contributed by atoms with E-state index in [1.807, 2.05) is 96.5 Å². The van der Waals surface area contributed by atoms with Crippen LogP contribution < -0.4 is 5.32 Å². The molecule has 0 unspecified atom stereocenters. The molecule has 0 atom stereocenters. The van der Waals surface area contributed by atoms with Crippen LogP contribution in [0.1, 0.15) is 116 Å². The molecule has 6 nitrogen and oxygen atoms in total. The number of oxazole rings is 1. The van der Waals surface area contributed by atoms with Crippen LogP contribution in [0.25, 0.3) is 21.3 Å². The summed E-state index contributed by atoms with van der Waals surface area (Å²) in [6, 6.07) is 31.2. The third-order valence-electron chi connectivity index (χ3n) is 6.08. The van der Waals surface area contributed by atoms with E-state index in [0.717, 1.165) is 63.5 Å². The van der Waals surface area contributed by atoms with Crippen molar-refractivity contribution < 1.29 is 14.0 Å². The van der Waals surface area contributed by atoms with Crippen LogP contribution in [0.3, 0.4) is 0 Å². The lowest BCUT2D eigenvalue weighted by Gasteiger charge is -1.92. The van der Waals surface area contributed by atoms with Crippen molar-refractivity contribution in [3.63, 3.8) is 0 Å². The summed E-state index contributed by atoms with van der Waals surface area (Å²) in [7, 11) is 0. The Hall–Kier alpha value is -4.62. The Morgan fingerprint density at radius 2 is 1.06 bits per heavy atom. The minimum atomic E-state index is 0.190. The number of aromatic nitrogens is 2. The number of thiazole rings is 1. The molecule has 1 aliphatic heterocycles. The van der Waals surface area contributed by atoms with Crippen molar-refractivity contribution in [1.82, 2.24) is 9.97 Å². The van der Waals surface area contributed by atoms with E-state index in [0.29, 0.717) is 18.7 Å². The molecule has 6 aromatic rings. The third kappa shape index (κ3) is 21.2. The first-order chi connectivity index (χ1) is 25.6. The molecular formula is C47H65N3O3S. The molecule has 2 aromatic heterocycles. The molecule has 0 saturated heterocycles. The van der Waals surface area contributed by atoms with E-state index in [2.05, 4.69) is 104 Å². The molecule has 3 heterocycles. The van der Waals surface area contributed by atoms with Crippen molar-refractivity contribution in [2.75, 3.05) is 11.9 Å². The van der Waals surface area contributed by atoms with Crippen molar-refractivity contribution in [3.05, 3.63) is 126 Å². The van der Waals surface area contributed by atoms with Gasteiger partial charge in [0.15, 0.2) is 23.5 Å². The molecule has 0 amide bonds. The standard InChI is InChI=1S/C9H8O.C8H7NO.C7H5NO.C7H5NS.4C4H10/c10-9-6-5-7-3-1-2-4-8(7)9;10-8-5-9-7-4-2-1-3-6(7)8;2*1-2-4-7-6(3-1)8-5-9-7;4*1-4(2)3/h1-4H,5-6H2;1-4,9H,5H2;2*1-5H;4*4H,1-3H3. The number of fused-ring (bicyclic) bond motifs is 4. The first kappa shape index (κ1) is 47.4. The molecule has 0 bridgehead atoms. The molecule has 4 aromatic carbocycles. The SMILES string of the molecule is CC(C)C.CC(C)C.CC(C)C.CC(C)C.O=C1CCc2ccccc21.O=C1CNc2ccccc21.c1ccc2ocnc2c1.c1ccc2scnc2c1. The van der Waals surface area contributed by atoms with Crippen molar-refractivity contribution in [2.24, 2.45) is 23.7 Å². The molecule has 1 aliphatic carbocycles. The quantitative estimate of drug-likeness (QED) is 0.166. The van der Waals surface area contributed by atoms with Gasteiger partial charge in [0.25, 0.3) is 0 Å². The number of nitrogens with zero attached hydrogens (tertiary/aromatic N) is 2. The van der Waals surface area contributed by atoms with Gasteiger partial charge in [-0.3, -0.25) is 9.59 Å². The second-order valence-electron chi connectivity index (χ2n) is 15.5. The van der Waals surface area contributed by atoms with Gasteiger partial charge in [-0.1, -0.05) is 144 Å².